The summed E-state index contributed by atoms with van der Waals surface area (Å²) in [5.74, 6) is 0. The van der Waals surface area contributed by atoms with E-state index in [4.69, 9.17) is 0 Å². The molecule has 0 aromatic rings. The van der Waals surface area contributed by atoms with Crippen LogP contribution in [0.25, 0.3) is 5.43 Å². The number of hydrogen-bond acceptors (Lipinski definition) is 1. The molecule has 0 aromatic carbocycles. The first-order chi connectivity index (χ1) is 5.36. The minimum Gasteiger partial charge on any atom is -0.410 e. The standard InChI is InChI=1S/C8H10N2S/c1-10-6-11-8-5-3-2-4-7(8)9-10/h4-6H,2-3H2,1H3. The fourth-order valence-corrected chi connectivity index (χ4v) is 1.94. The maximum Gasteiger partial charge on any atom is 0.198 e. The molecule has 0 fully saturated rings. The second kappa shape index (κ2) is 2.74. The Labute approximate surface area is 70.7 Å². The average molecular weight is 166 g/mol. The van der Waals surface area contributed by atoms with Crippen molar-refractivity contribution in [2.45, 2.75) is 12.8 Å². The van der Waals surface area contributed by atoms with Crippen LogP contribution >= 0.6 is 11.8 Å². The zero-order valence-corrected chi connectivity index (χ0v) is 7.27. The second-order valence-corrected chi connectivity index (χ2v) is 3.52. The van der Waals surface area contributed by atoms with Crippen molar-refractivity contribution in [2.75, 3.05) is 7.05 Å². The van der Waals surface area contributed by atoms with Gasteiger partial charge >= 0.3 is 0 Å². The molecule has 58 valence electrons. The Morgan fingerprint density at radius 1 is 1.45 bits per heavy atom. The van der Waals surface area contributed by atoms with E-state index in [0.29, 0.717) is 0 Å². The van der Waals surface area contributed by atoms with Crippen molar-refractivity contribution in [3.05, 3.63) is 28.2 Å². The topological polar surface area (TPSA) is 17.1 Å². The van der Waals surface area contributed by atoms with Crippen molar-refractivity contribution in [1.82, 2.24) is 0 Å². The summed E-state index contributed by atoms with van der Waals surface area (Å²) < 4.78 is 1.86. The molecule has 2 aliphatic rings. The highest BCUT2D eigenvalue weighted by Crippen LogP contribution is 2.33. The molecule has 0 amide bonds. The monoisotopic (exact) mass is 166 g/mol. The Balaban J connectivity index is 2.29. The normalized spacial score (nSPS) is 22.5. The maximum absolute atomic E-state index is 4.35. The van der Waals surface area contributed by atoms with Gasteiger partial charge in [-0.3, -0.25) is 4.68 Å². The van der Waals surface area contributed by atoms with Crippen LogP contribution in [0.4, 0.5) is 0 Å². The molecule has 1 heterocycles. The molecule has 0 bridgehead atoms. The summed E-state index contributed by atoms with van der Waals surface area (Å²) in [5.41, 5.74) is 7.52. The van der Waals surface area contributed by atoms with Crippen molar-refractivity contribution >= 4 is 17.3 Å². The van der Waals surface area contributed by atoms with Crippen LogP contribution in [0, 0.1) is 0 Å². The summed E-state index contributed by atoms with van der Waals surface area (Å²) in [7, 11) is 1.96. The van der Waals surface area contributed by atoms with E-state index in [1.165, 1.54) is 11.3 Å². The molecule has 0 aromatic heterocycles. The van der Waals surface area contributed by atoms with Gasteiger partial charge in [-0.1, -0.05) is 17.8 Å². The predicted molar refractivity (Wildman–Crippen MR) is 48.6 cm³/mol. The molecule has 0 unspecified atom stereocenters. The molecule has 2 nitrogen and oxygen atoms in total. The Bertz CT molecular complexity index is 263. The molecule has 11 heavy (non-hydrogen) atoms. The van der Waals surface area contributed by atoms with Crippen molar-refractivity contribution < 1.29 is 4.68 Å². The van der Waals surface area contributed by atoms with Crippen molar-refractivity contribution in [3.8, 4) is 0 Å². The van der Waals surface area contributed by atoms with Gasteiger partial charge in [0.1, 0.15) is 7.05 Å². The van der Waals surface area contributed by atoms with Crippen LogP contribution in [-0.2, 0) is 0 Å². The average Bonchev–Trinajstić information content (AvgIpc) is 2.04. The lowest BCUT2D eigenvalue weighted by atomic mass is 10.1. The lowest BCUT2D eigenvalue weighted by Gasteiger charge is -2.27. The van der Waals surface area contributed by atoms with Crippen LogP contribution in [0.3, 0.4) is 0 Å². The smallest absolute Gasteiger partial charge is 0.198 e. The summed E-state index contributed by atoms with van der Waals surface area (Å²) in [6.07, 6.45) is 6.76. The van der Waals surface area contributed by atoms with E-state index in [2.05, 4.69) is 17.6 Å². The lowest BCUT2D eigenvalue weighted by Crippen LogP contribution is -2.07. The van der Waals surface area contributed by atoms with Crippen molar-refractivity contribution in [3.63, 3.8) is 0 Å². The number of rotatable bonds is 0. The first-order valence-electron chi connectivity index (χ1n) is 3.71. The van der Waals surface area contributed by atoms with Crippen molar-refractivity contribution in [2.24, 2.45) is 0 Å². The fourth-order valence-electron chi connectivity index (χ4n) is 1.16. The van der Waals surface area contributed by atoms with E-state index < -0.39 is 0 Å². The summed E-state index contributed by atoms with van der Waals surface area (Å²) in [6.45, 7) is 0. The molecule has 1 aliphatic carbocycles. The second-order valence-electron chi connectivity index (χ2n) is 2.63. The van der Waals surface area contributed by atoms with Gasteiger partial charge in [0, 0.05) is 4.91 Å². The Hall–Kier alpha value is -0.700. The summed E-state index contributed by atoms with van der Waals surface area (Å²) in [5, 5.41) is 0. The number of thioether (sulfide) groups is 1. The van der Waals surface area contributed by atoms with Gasteiger partial charge in [0.2, 0.25) is 0 Å². The zero-order chi connectivity index (χ0) is 7.68. The molecule has 0 saturated carbocycles. The molecular formula is C8H10N2S. The number of fused-ring (bicyclic) bond motifs is 1. The van der Waals surface area contributed by atoms with E-state index in [-0.39, 0.29) is 0 Å². The van der Waals surface area contributed by atoms with E-state index in [9.17, 15) is 0 Å². The molecule has 0 atom stereocenters. The Morgan fingerprint density at radius 3 is 3.18 bits per heavy atom. The van der Waals surface area contributed by atoms with Crippen LogP contribution in [0.5, 0.6) is 0 Å². The highest BCUT2D eigenvalue weighted by Gasteiger charge is 2.08. The minimum absolute atomic E-state index is 1.14. The largest absolute Gasteiger partial charge is 0.410 e. The van der Waals surface area contributed by atoms with Gasteiger partial charge in [0.05, 0.1) is 0 Å². The SMILES string of the molecule is C[N+]1=CSC2=CCCC=C2[N-]1. The summed E-state index contributed by atoms with van der Waals surface area (Å²) in [6, 6.07) is 0. The van der Waals surface area contributed by atoms with E-state index in [1.54, 1.807) is 11.8 Å². The van der Waals surface area contributed by atoms with Gasteiger partial charge in [0.15, 0.2) is 5.55 Å². The molecule has 1 aliphatic heterocycles. The van der Waals surface area contributed by atoms with Crippen LogP contribution < -0.4 is 0 Å². The van der Waals surface area contributed by atoms with Gasteiger partial charge in [-0.2, -0.15) is 0 Å². The highest BCUT2D eigenvalue weighted by atomic mass is 32.2. The van der Waals surface area contributed by atoms with Crippen LogP contribution in [0.2, 0.25) is 0 Å². The first-order valence-corrected chi connectivity index (χ1v) is 4.59. The minimum atomic E-state index is 1.14. The van der Waals surface area contributed by atoms with Crippen LogP contribution in [0.15, 0.2) is 22.8 Å². The highest BCUT2D eigenvalue weighted by molar-refractivity contribution is 8.15. The Morgan fingerprint density at radius 2 is 2.27 bits per heavy atom. The Kier molecular flexibility index (Phi) is 1.74. The summed E-state index contributed by atoms with van der Waals surface area (Å²) >= 11 is 1.76. The van der Waals surface area contributed by atoms with E-state index in [1.807, 2.05) is 17.3 Å². The van der Waals surface area contributed by atoms with Gasteiger partial charge in [-0.25, -0.2) is 0 Å². The fraction of sp³-hybridized carbons (Fsp3) is 0.375. The van der Waals surface area contributed by atoms with Gasteiger partial charge in [-0.05, 0) is 24.6 Å². The first kappa shape index (κ1) is 6.98. The predicted octanol–water partition coefficient (Wildman–Crippen LogP) is 2.25. The number of hydrogen-bond donors (Lipinski definition) is 0. The third kappa shape index (κ3) is 1.33. The van der Waals surface area contributed by atoms with Gasteiger partial charge < -0.3 is 5.43 Å². The maximum atomic E-state index is 4.35. The van der Waals surface area contributed by atoms with Crippen molar-refractivity contribution in [1.29, 1.82) is 0 Å². The number of allylic oxidation sites excluding steroid dienone is 2. The molecule has 3 heteroatoms. The van der Waals surface area contributed by atoms with Crippen LogP contribution in [-0.4, -0.2) is 17.3 Å². The number of nitrogens with zero attached hydrogens (tertiary/aromatic N) is 2. The van der Waals surface area contributed by atoms with Crippen LogP contribution in [0.1, 0.15) is 12.8 Å². The molecule has 0 spiro atoms. The lowest BCUT2D eigenvalue weighted by molar-refractivity contribution is -0.433. The molecular weight excluding hydrogens is 156 g/mol. The van der Waals surface area contributed by atoms with E-state index in [0.717, 1.165) is 12.1 Å². The molecule has 0 saturated heterocycles. The summed E-state index contributed by atoms with van der Waals surface area (Å²) in [4.78, 5) is 1.31. The van der Waals surface area contributed by atoms with Gasteiger partial charge in [-0.15, -0.1) is 0 Å². The van der Waals surface area contributed by atoms with E-state index >= 15 is 0 Å². The molecule has 0 radical (unpaired) electrons. The van der Waals surface area contributed by atoms with Gasteiger partial charge in [0.25, 0.3) is 0 Å². The third-order valence-corrected chi connectivity index (χ3v) is 2.72. The third-order valence-electron chi connectivity index (χ3n) is 1.68. The zero-order valence-electron chi connectivity index (χ0n) is 6.45. The molecule has 0 N–H and O–H groups in total. The molecule has 2 rings (SSSR count). The quantitative estimate of drug-likeness (QED) is 0.504.